The van der Waals surface area contributed by atoms with Crippen molar-refractivity contribution in [3.05, 3.63) is 78.9 Å². The van der Waals surface area contributed by atoms with E-state index in [0.717, 1.165) is 28.2 Å². The fourth-order valence-corrected chi connectivity index (χ4v) is 2.89. The number of nitrogens with zero attached hydrogens (tertiary/aromatic N) is 2. The molecule has 4 rings (SSSR count). The minimum absolute atomic E-state index is 0.489. The average Bonchev–Trinajstić information content (AvgIpc) is 2.96. The maximum absolute atomic E-state index is 5.50. The Labute approximate surface area is 137 Å². The van der Waals surface area contributed by atoms with Gasteiger partial charge in [-0.3, -0.25) is 0 Å². The normalized spacial score (nSPS) is 10.8. The van der Waals surface area contributed by atoms with Gasteiger partial charge in [-0.1, -0.05) is 36.4 Å². The maximum atomic E-state index is 5.50. The number of hydrogen-bond acceptors (Lipinski definition) is 3. The van der Waals surface area contributed by atoms with Crippen molar-refractivity contribution in [1.29, 1.82) is 0 Å². The summed E-state index contributed by atoms with van der Waals surface area (Å²) in [4.78, 5) is 6.56. The Balaban J connectivity index is 1.89. The zero-order chi connectivity index (χ0) is 15.6. The molecule has 0 saturated heterocycles. The Kier molecular flexibility index (Phi) is 3.44. The predicted molar refractivity (Wildman–Crippen MR) is 94.1 cm³/mol. The van der Waals surface area contributed by atoms with Gasteiger partial charge in [-0.05, 0) is 42.5 Å². The van der Waals surface area contributed by atoms with Gasteiger partial charge in [0.1, 0.15) is 5.52 Å². The molecule has 109 valence electrons. The molecule has 0 saturated carbocycles. The molecule has 4 aromatic rings. The number of aromatic nitrogens is 1. The molecule has 0 spiro atoms. The second-order valence-corrected chi connectivity index (χ2v) is 5.61. The average molecular weight is 313 g/mol. The van der Waals surface area contributed by atoms with Gasteiger partial charge in [-0.2, -0.15) is 0 Å². The van der Waals surface area contributed by atoms with E-state index in [4.69, 9.17) is 4.42 Å². The van der Waals surface area contributed by atoms with E-state index in [2.05, 4.69) is 44.4 Å². The lowest BCUT2D eigenvalue weighted by molar-refractivity contribution is 0.644. The van der Waals surface area contributed by atoms with Crippen LogP contribution in [0.1, 0.15) is 0 Å². The summed E-state index contributed by atoms with van der Waals surface area (Å²) in [5.41, 5.74) is 5.31. The molecule has 3 radical (unpaired) electrons. The first-order valence-corrected chi connectivity index (χ1v) is 7.84. The summed E-state index contributed by atoms with van der Waals surface area (Å²) in [6, 6.07) is 26.6. The molecule has 1 aromatic heterocycles. The third kappa shape index (κ3) is 2.64. The van der Waals surface area contributed by atoms with Crippen LogP contribution in [0, 0.1) is 0 Å². The van der Waals surface area contributed by atoms with Gasteiger partial charge in [-0.25, -0.2) is 4.98 Å². The van der Waals surface area contributed by atoms with Crippen LogP contribution in [-0.2, 0) is 0 Å². The predicted octanol–water partition coefficient (Wildman–Crippen LogP) is 4.09. The summed E-state index contributed by atoms with van der Waals surface area (Å²) in [6.45, 7) is 0. The van der Waals surface area contributed by atoms with Crippen LogP contribution in [0.4, 0.5) is 17.1 Å². The van der Waals surface area contributed by atoms with Crippen molar-refractivity contribution in [2.45, 2.75) is 0 Å². The summed E-state index contributed by atoms with van der Waals surface area (Å²) < 4.78 is 5.50. The van der Waals surface area contributed by atoms with Gasteiger partial charge in [0.15, 0.2) is 21.3 Å². The molecule has 0 bridgehead atoms. The molecule has 0 fully saturated rings. The summed E-state index contributed by atoms with van der Waals surface area (Å²) in [5.74, 6) is 0. The monoisotopic (exact) mass is 313 g/mol. The summed E-state index contributed by atoms with van der Waals surface area (Å²) in [7, 11) is 3.34. The molecule has 0 aliphatic heterocycles. The van der Waals surface area contributed by atoms with E-state index in [1.54, 1.807) is 0 Å². The first-order valence-electron chi connectivity index (χ1n) is 7.34. The number of benzene rings is 3. The molecule has 3 aromatic carbocycles. The number of para-hydroxylation sites is 2. The molecule has 3 nitrogen and oxygen atoms in total. The highest BCUT2D eigenvalue weighted by Gasteiger charge is 2.13. The van der Waals surface area contributed by atoms with Crippen LogP contribution in [0.25, 0.3) is 11.1 Å². The lowest BCUT2D eigenvalue weighted by atomic mass is 10.2. The van der Waals surface area contributed by atoms with E-state index in [1.165, 1.54) is 0 Å². The number of fused-ring (bicyclic) bond motifs is 1. The molecule has 4 heteroatoms. The highest BCUT2D eigenvalue weighted by Crippen LogP contribution is 2.35. The highest BCUT2D eigenvalue weighted by atomic mass is 28.1. The van der Waals surface area contributed by atoms with Crippen LogP contribution in [0.5, 0.6) is 0 Å². The number of rotatable bonds is 3. The summed E-state index contributed by atoms with van der Waals surface area (Å²) in [5, 5.41) is 0. The van der Waals surface area contributed by atoms with Crippen LogP contribution in [0.15, 0.2) is 83.3 Å². The quantitative estimate of drug-likeness (QED) is 0.533. The maximum Gasteiger partial charge on any atom is 0.160 e. The molecular weight excluding hydrogens is 300 g/mol. The first kappa shape index (κ1) is 13.8. The van der Waals surface area contributed by atoms with Crippen LogP contribution < -0.4 is 10.4 Å². The molecule has 0 unspecified atom stereocenters. The molecular formula is C19H13N2OSi. The third-order valence-electron chi connectivity index (χ3n) is 3.66. The van der Waals surface area contributed by atoms with Gasteiger partial charge in [0.05, 0.1) is 0 Å². The van der Waals surface area contributed by atoms with Crippen LogP contribution in [0.2, 0.25) is 0 Å². The van der Waals surface area contributed by atoms with Crippen molar-refractivity contribution in [2.24, 2.45) is 0 Å². The van der Waals surface area contributed by atoms with Gasteiger partial charge < -0.3 is 9.32 Å². The van der Waals surface area contributed by atoms with Crippen molar-refractivity contribution < 1.29 is 4.42 Å². The molecule has 0 N–H and O–H groups in total. The van der Waals surface area contributed by atoms with E-state index >= 15 is 0 Å². The second kappa shape index (κ2) is 5.74. The van der Waals surface area contributed by atoms with Crippen molar-refractivity contribution in [3.63, 3.8) is 0 Å². The van der Waals surface area contributed by atoms with Crippen molar-refractivity contribution in [3.8, 4) is 0 Å². The Morgan fingerprint density at radius 2 is 1.35 bits per heavy atom. The SMILES string of the molecule is [Si]c1nc2cc(N(c3ccccc3)c3ccccc3)ccc2o1. The van der Waals surface area contributed by atoms with E-state index in [-0.39, 0.29) is 0 Å². The lowest BCUT2D eigenvalue weighted by Gasteiger charge is -2.25. The van der Waals surface area contributed by atoms with Gasteiger partial charge in [-0.15, -0.1) is 0 Å². The number of hydrogen-bond donors (Lipinski definition) is 0. The molecule has 0 aliphatic rings. The van der Waals surface area contributed by atoms with Crippen molar-refractivity contribution in [2.75, 3.05) is 4.90 Å². The number of oxazole rings is 1. The fraction of sp³-hybridized carbons (Fsp3) is 0. The van der Waals surface area contributed by atoms with Crippen molar-refractivity contribution >= 4 is 43.9 Å². The van der Waals surface area contributed by atoms with E-state index in [0.29, 0.717) is 5.51 Å². The Morgan fingerprint density at radius 3 is 1.96 bits per heavy atom. The summed E-state index contributed by atoms with van der Waals surface area (Å²) in [6.07, 6.45) is 0. The van der Waals surface area contributed by atoms with Gasteiger partial charge in [0, 0.05) is 17.1 Å². The molecule has 23 heavy (non-hydrogen) atoms. The lowest BCUT2D eigenvalue weighted by Crippen LogP contribution is -2.09. The van der Waals surface area contributed by atoms with Crippen LogP contribution >= 0.6 is 0 Å². The minimum Gasteiger partial charge on any atom is -0.447 e. The van der Waals surface area contributed by atoms with E-state index in [9.17, 15) is 0 Å². The summed E-state index contributed by atoms with van der Waals surface area (Å²) >= 11 is 0. The molecule has 0 aliphatic carbocycles. The minimum atomic E-state index is 0.489. The van der Waals surface area contributed by atoms with Crippen molar-refractivity contribution in [1.82, 2.24) is 4.98 Å². The highest BCUT2D eigenvalue weighted by molar-refractivity contribution is 6.28. The smallest absolute Gasteiger partial charge is 0.160 e. The third-order valence-corrected chi connectivity index (χ3v) is 3.87. The zero-order valence-electron chi connectivity index (χ0n) is 12.3. The number of anilines is 3. The van der Waals surface area contributed by atoms with Crippen LogP contribution in [-0.4, -0.2) is 15.2 Å². The van der Waals surface area contributed by atoms with E-state index < -0.39 is 0 Å². The molecule has 1 heterocycles. The standard InChI is InChI=1S/C19H13N2OSi/c23-19-20-17-13-16(11-12-18(17)22-19)21(14-7-3-1-4-8-14)15-9-5-2-6-10-15/h1-13H. The van der Waals surface area contributed by atoms with E-state index in [1.807, 2.05) is 54.6 Å². The van der Waals surface area contributed by atoms with Crippen LogP contribution in [0.3, 0.4) is 0 Å². The zero-order valence-corrected chi connectivity index (χ0v) is 13.3. The fourth-order valence-electron chi connectivity index (χ4n) is 2.66. The molecule has 0 amide bonds. The van der Waals surface area contributed by atoms with Gasteiger partial charge in [0.25, 0.3) is 0 Å². The van der Waals surface area contributed by atoms with Gasteiger partial charge in [0.2, 0.25) is 0 Å². The second-order valence-electron chi connectivity index (χ2n) is 5.18. The topological polar surface area (TPSA) is 29.3 Å². The Morgan fingerprint density at radius 1 is 0.739 bits per heavy atom. The Bertz CT molecular complexity index is 896. The Hall–Kier alpha value is -2.85. The largest absolute Gasteiger partial charge is 0.447 e. The molecule has 0 atom stereocenters. The first-order chi connectivity index (χ1) is 11.3. The van der Waals surface area contributed by atoms with Gasteiger partial charge >= 0.3 is 0 Å².